The van der Waals surface area contributed by atoms with Crippen molar-refractivity contribution >= 4 is 28.9 Å². The van der Waals surface area contributed by atoms with Crippen LogP contribution in [0.15, 0.2) is 12.1 Å². The van der Waals surface area contributed by atoms with Crippen LogP contribution in [0.3, 0.4) is 0 Å². The Morgan fingerprint density at radius 2 is 2.47 bits per heavy atom. The van der Waals surface area contributed by atoms with Crippen molar-refractivity contribution in [3.05, 3.63) is 21.3 Å². The highest BCUT2D eigenvalue weighted by Crippen LogP contribution is 2.26. The van der Waals surface area contributed by atoms with E-state index in [2.05, 4.69) is 0 Å². The lowest BCUT2D eigenvalue weighted by Gasteiger charge is -2.19. The van der Waals surface area contributed by atoms with Crippen LogP contribution in [0.5, 0.6) is 0 Å². The van der Waals surface area contributed by atoms with Gasteiger partial charge in [0.25, 0.3) is 0 Å². The number of aliphatic carboxylic acids is 1. The largest absolute Gasteiger partial charge is 0.480 e. The number of hydrogen-bond acceptors (Lipinski definition) is 3. The first-order valence-electron chi connectivity index (χ1n) is 4.88. The molecule has 0 aliphatic carbocycles. The van der Waals surface area contributed by atoms with Gasteiger partial charge in [0.1, 0.15) is 6.04 Å². The third kappa shape index (κ3) is 2.51. The van der Waals surface area contributed by atoms with Gasteiger partial charge in [0.15, 0.2) is 0 Å². The maximum atomic E-state index is 10.9. The fraction of sp³-hybridized carbons (Fsp3) is 0.500. The molecular weight excluding hydrogens is 234 g/mol. The van der Waals surface area contributed by atoms with Crippen LogP contribution in [-0.4, -0.2) is 28.6 Å². The number of nitrogens with zero attached hydrogens (tertiary/aromatic N) is 1. The van der Waals surface area contributed by atoms with Gasteiger partial charge in [0, 0.05) is 11.4 Å². The predicted octanol–water partition coefficient (Wildman–Crippen LogP) is 2.45. The first-order chi connectivity index (χ1) is 7.16. The van der Waals surface area contributed by atoms with E-state index in [9.17, 15) is 4.79 Å². The van der Waals surface area contributed by atoms with Crippen molar-refractivity contribution in [3.63, 3.8) is 0 Å². The van der Waals surface area contributed by atoms with Gasteiger partial charge in [-0.2, -0.15) is 0 Å². The molecule has 1 aromatic heterocycles. The molecule has 3 nitrogen and oxygen atoms in total. The monoisotopic (exact) mass is 245 g/mol. The third-order valence-electron chi connectivity index (χ3n) is 2.64. The molecular formula is C10H12ClNO2S. The summed E-state index contributed by atoms with van der Waals surface area (Å²) in [5, 5.41) is 9.00. The Morgan fingerprint density at radius 3 is 3.07 bits per heavy atom. The molecule has 0 saturated carbocycles. The molecule has 5 heteroatoms. The molecule has 1 fully saturated rings. The van der Waals surface area contributed by atoms with E-state index in [0.717, 1.165) is 28.6 Å². The first kappa shape index (κ1) is 10.9. The van der Waals surface area contributed by atoms with E-state index in [1.807, 2.05) is 17.0 Å². The molecule has 0 amide bonds. The van der Waals surface area contributed by atoms with Gasteiger partial charge in [0.05, 0.1) is 4.34 Å². The Hall–Kier alpha value is -0.580. The van der Waals surface area contributed by atoms with Crippen molar-refractivity contribution in [2.75, 3.05) is 6.54 Å². The van der Waals surface area contributed by atoms with Gasteiger partial charge in [-0.15, -0.1) is 11.3 Å². The molecule has 1 saturated heterocycles. The van der Waals surface area contributed by atoms with E-state index in [4.69, 9.17) is 16.7 Å². The van der Waals surface area contributed by atoms with Crippen LogP contribution in [0.2, 0.25) is 4.34 Å². The minimum atomic E-state index is -0.713. The Bertz CT molecular complexity index is 366. The molecule has 2 rings (SSSR count). The summed E-state index contributed by atoms with van der Waals surface area (Å²) in [4.78, 5) is 14.1. The molecule has 0 radical (unpaired) electrons. The summed E-state index contributed by atoms with van der Waals surface area (Å²) in [5.74, 6) is -0.713. The van der Waals surface area contributed by atoms with Crippen molar-refractivity contribution < 1.29 is 9.90 Å². The minimum absolute atomic E-state index is 0.314. The number of halogens is 1. The summed E-state index contributed by atoms with van der Waals surface area (Å²) >= 11 is 7.35. The molecule has 2 heterocycles. The summed E-state index contributed by atoms with van der Waals surface area (Å²) in [6, 6.07) is 3.50. The maximum Gasteiger partial charge on any atom is 0.320 e. The maximum absolute atomic E-state index is 10.9. The highest BCUT2D eigenvalue weighted by Gasteiger charge is 2.30. The summed E-state index contributed by atoms with van der Waals surface area (Å²) < 4.78 is 0.760. The number of hydrogen-bond donors (Lipinski definition) is 1. The number of carboxylic acids is 1. The van der Waals surface area contributed by atoms with Crippen LogP contribution >= 0.6 is 22.9 Å². The summed E-state index contributed by atoms with van der Waals surface area (Å²) in [6.45, 7) is 1.57. The van der Waals surface area contributed by atoms with Gasteiger partial charge < -0.3 is 5.11 Å². The van der Waals surface area contributed by atoms with Crippen LogP contribution < -0.4 is 0 Å². The van der Waals surface area contributed by atoms with E-state index in [-0.39, 0.29) is 6.04 Å². The van der Waals surface area contributed by atoms with Gasteiger partial charge in [-0.3, -0.25) is 9.69 Å². The van der Waals surface area contributed by atoms with Crippen molar-refractivity contribution in [2.24, 2.45) is 0 Å². The molecule has 15 heavy (non-hydrogen) atoms. The van der Waals surface area contributed by atoms with Crippen molar-refractivity contribution in [2.45, 2.75) is 25.4 Å². The summed E-state index contributed by atoms with van der Waals surface area (Å²) in [6.07, 6.45) is 1.73. The molecule has 1 aliphatic heterocycles. The van der Waals surface area contributed by atoms with E-state index < -0.39 is 5.97 Å². The standard InChI is InChI=1S/C10H12ClNO2S/c11-9-4-3-7(15-9)6-12-5-1-2-8(12)10(13)14/h3-4,8H,1-2,5-6H2,(H,13,14)/t8-/m0/s1. The quantitative estimate of drug-likeness (QED) is 0.889. The number of carboxylic acid groups (broad SMARTS) is 1. The van der Waals surface area contributed by atoms with Crippen LogP contribution in [-0.2, 0) is 11.3 Å². The average molecular weight is 246 g/mol. The smallest absolute Gasteiger partial charge is 0.320 e. The van der Waals surface area contributed by atoms with Crippen molar-refractivity contribution in [1.82, 2.24) is 4.90 Å². The third-order valence-corrected chi connectivity index (χ3v) is 3.85. The first-order valence-corrected chi connectivity index (χ1v) is 6.07. The molecule has 1 atom stereocenters. The van der Waals surface area contributed by atoms with Gasteiger partial charge in [-0.1, -0.05) is 11.6 Å². The topological polar surface area (TPSA) is 40.5 Å². The van der Waals surface area contributed by atoms with Crippen molar-refractivity contribution in [3.8, 4) is 0 Å². The molecule has 0 bridgehead atoms. The Morgan fingerprint density at radius 1 is 1.67 bits per heavy atom. The SMILES string of the molecule is O=C(O)[C@@H]1CCCN1Cc1ccc(Cl)s1. The number of thiophene rings is 1. The second kappa shape index (κ2) is 4.51. The summed E-state index contributed by atoms with van der Waals surface area (Å²) in [5.41, 5.74) is 0. The molecule has 82 valence electrons. The van der Waals surface area contributed by atoms with Gasteiger partial charge in [0.2, 0.25) is 0 Å². The lowest BCUT2D eigenvalue weighted by Crippen LogP contribution is -2.35. The zero-order chi connectivity index (χ0) is 10.8. The minimum Gasteiger partial charge on any atom is -0.480 e. The van der Waals surface area contributed by atoms with Gasteiger partial charge in [-0.25, -0.2) is 0 Å². The van der Waals surface area contributed by atoms with E-state index in [0.29, 0.717) is 6.54 Å². The Kier molecular flexibility index (Phi) is 3.29. The van der Waals surface area contributed by atoms with E-state index in [1.54, 1.807) is 0 Å². The number of rotatable bonds is 3. The normalized spacial score (nSPS) is 22.1. The number of likely N-dealkylation sites (tertiary alicyclic amines) is 1. The van der Waals surface area contributed by atoms with Crippen molar-refractivity contribution in [1.29, 1.82) is 0 Å². The molecule has 0 aromatic carbocycles. The zero-order valence-corrected chi connectivity index (χ0v) is 9.72. The summed E-state index contributed by atoms with van der Waals surface area (Å²) in [7, 11) is 0. The molecule has 1 aliphatic rings. The Labute approximate surface area is 97.3 Å². The van der Waals surface area contributed by atoms with Crippen LogP contribution in [0.25, 0.3) is 0 Å². The highest BCUT2D eigenvalue weighted by molar-refractivity contribution is 7.16. The number of carbonyl (C=O) groups is 1. The highest BCUT2D eigenvalue weighted by atomic mass is 35.5. The van der Waals surface area contributed by atoms with Gasteiger partial charge in [-0.05, 0) is 31.5 Å². The molecule has 0 unspecified atom stereocenters. The molecule has 1 aromatic rings. The predicted molar refractivity (Wildman–Crippen MR) is 60.4 cm³/mol. The fourth-order valence-electron chi connectivity index (χ4n) is 1.93. The Balaban J connectivity index is 2.02. The lowest BCUT2D eigenvalue weighted by atomic mass is 10.2. The van der Waals surface area contributed by atoms with Crippen LogP contribution in [0.1, 0.15) is 17.7 Å². The average Bonchev–Trinajstić information content (AvgIpc) is 2.75. The molecule has 1 N–H and O–H groups in total. The lowest BCUT2D eigenvalue weighted by molar-refractivity contribution is -0.142. The second-order valence-corrected chi connectivity index (χ2v) is 5.47. The fourth-order valence-corrected chi connectivity index (χ4v) is 3.05. The van der Waals surface area contributed by atoms with E-state index in [1.165, 1.54) is 11.3 Å². The molecule has 0 spiro atoms. The van der Waals surface area contributed by atoms with Crippen LogP contribution in [0.4, 0.5) is 0 Å². The zero-order valence-electron chi connectivity index (χ0n) is 8.15. The van der Waals surface area contributed by atoms with Gasteiger partial charge >= 0.3 is 5.97 Å². The van der Waals surface area contributed by atoms with Crippen LogP contribution in [0, 0.1) is 0 Å². The second-order valence-electron chi connectivity index (χ2n) is 3.67. The van der Waals surface area contributed by atoms with E-state index >= 15 is 0 Å².